The van der Waals surface area contributed by atoms with Gasteiger partial charge in [-0.15, -0.1) is 0 Å². The highest BCUT2D eigenvalue weighted by Gasteiger charge is 2.14. The van der Waals surface area contributed by atoms with Crippen LogP contribution in [0.1, 0.15) is 29.6 Å². The van der Waals surface area contributed by atoms with Gasteiger partial charge in [-0.3, -0.25) is 9.69 Å². The fourth-order valence-corrected chi connectivity index (χ4v) is 2.41. The molecule has 16 heavy (non-hydrogen) atoms. The first-order chi connectivity index (χ1) is 7.75. The van der Waals surface area contributed by atoms with E-state index in [0.717, 1.165) is 18.7 Å². The van der Waals surface area contributed by atoms with Crippen LogP contribution in [0.25, 0.3) is 0 Å². The van der Waals surface area contributed by atoms with Gasteiger partial charge in [0.2, 0.25) is 0 Å². The van der Waals surface area contributed by atoms with E-state index in [2.05, 4.69) is 27.5 Å². The monoisotopic (exact) mass is 329 g/mol. The van der Waals surface area contributed by atoms with Gasteiger partial charge >= 0.3 is 0 Å². The van der Waals surface area contributed by atoms with Crippen molar-refractivity contribution in [2.45, 2.75) is 19.3 Å². The van der Waals surface area contributed by atoms with Gasteiger partial charge in [-0.1, -0.05) is 18.6 Å². The summed E-state index contributed by atoms with van der Waals surface area (Å²) in [5.41, 5.74) is 0.839. The lowest BCUT2D eigenvalue weighted by Gasteiger charge is -2.25. The number of hydrogen-bond acceptors (Lipinski definition) is 2. The molecule has 1 aromatic rings. The maximum absolute atomic E-state index is 12.0. The van der Waals surface area contributed by atoms with Crippen LogP contribution < -0.4 is 0 Å². The molecule has 0 spiro atoms. The van der Waals surface area contributed by atoms with E-state index < -0.39 is 0 Å². The van der Waals surface area contributed by atoms with Gasteiger partial charge in [0.15, 0.2) is 5.78 Å². The van der Waals surface area contributed by atoms with E-state index in [-0.39, 0.29) is 5.78 Å². The minimum absolute atomic E-state index is 0.248. The quantitative estimate of drug-likeness (QED) is 0.628. The molecule has 1 aliphatic rings. The van der Waals surface area contributed by atoms with E-state index in [0.29, 0.717) is 6.54 Å². The van der Waals surface area contributed by atoms with Gasteiger partial charge in [-0.25, -0.2) is 0 Å². The van der Waals surface area contributed by atoms with Crippen molar-refractivity contribution in [1.29, 1.82) is 0 Å². The molecule has 1 saturated heterocycles. The zero-order valence-electron chi connectivity index (χ0n) is 9.29. The van der Waals surface area contributed by atoms with E-state index in [1.165, 1.54) is 22.8 Å². The first-order valence-electron chi connectivity index (χ1n) is 5.77. The number of likely N-dealkylation sites (tertiary alicyclic amines) is 1. The SMILES string of the molecule is O=C(CN1CCCCC1)c1ccc(I)cc1. The number of piperidine rings is 1. The number of carbonyl (C=O) groups is 1. The number of nitrogens with zero attached hydrogens (tertiary/aromatic N) is 1. The third-order valence-corrected chi connectivity index (χ3v) is 3.70. The molecule has 1 aromatic carbocycles. The van der Waals surface area contributed by atoms with Crippen molar-refractivity contribution in [3.05, 3.63) is 33.4 Å². The number of hydrogen-bond donors (Lipinski definition) is 0. The lowest BCUT2D eigenvalue weighted by molar-refractivity contribution is 0.0915. The Morgan fingerprint density at radius 2 is 1.75 bits per heavy atom. The third kappa shape index (κ3) is 3.28. The van der Waals surface area contributed by atoms with E-state index in [1.807, 2.05) is 24.3 Å². The maximum Gasteiger partial charge on any atom is 0.176 e. The molecule has 0 aromatic heterocycles. The zero-order valence-corrected chi connectivity index (χ0v) is 11.4. The molecule has 2 nitrogen and oxygen atoms in total. The molecule has 0 amide bonds. The molecule has 1 fully saturated rings. The predicted molar refractivity (Wildman–Crippen MR) is 73.8 cm³/mol. The largest absolute Gasteiger partial charge is 0.296 e. The van der Waals surface area contributed by atoms with E-state index >= 15 is 0 Å². The smallest absolute Gasteiger partial charge is 0.176 e. The van der Waals surface area contributed by atoms with Crippen molar-refractivity contribution in [3.63, 3.8) is 0 Å². The summed E-state index contributed by atoms with van der Waals surface area (Å²) < 4.78 is 1.17. The van der Waals surface area contributed by atoms with E-state index in [9.17, 15) is 4.79 Å². The van der Waals surface area contributed by atoms with Gasteiger partial charge in [0.25, 0.3) is 0 Å². The molecule has 0 unspecified atom stereocenters. The summed E-state index contributed by atoms with van der Waals surface area (Å²) in [6, 6.07) is 7.83. The first kappa shape index (κ1) is 12.0. The third-order valence-electron chi connectivity index (χ3n) is 2.98. The molecule has 1 aliphatic heterocycles. The summed E-state index contributed by atoms with van der Waals surface area (Å²) in [4.78, 5) is 14.2. The molecular weight excluding hydrogens is 313 g/mol. The fourth-order valence-electron chi connectivity index (χ4n) is 2.05. The van der Waals surface area contributed by atoms with Gasteiger partial charge in [-0.05, 0) is 60.7 Å². The molecule has 0 aliphatic carbocycles. The Labute approximate surface area is 110 Å². The Morgan fingerprint density at radius 1 is 1.12 bits per heavy atom. The van der Waals surface area contributed by atoms with E-state index in [4.69, 9.17) is 0 Å². The summed E-state index contributed by atoms with van der Waals surface area (Å²) in [6.07, 6.45) is 3.79. The Kier molecular flexibility index (Phi) is 4.35. The molecule has 2 rings (SSSR count). The second-order valence-electron chi connectivity index (χ2n) is 4.27. The molecule has 0 saturated carbocycles. The second kappa shape index (κ2) is 5.77. The lowest BCUT2D eigenvalue weighted by Crippen LogP contribution is -2.34. The number of ketones is 1. The number of benzene rings is 1. The van der Waals surface area contributed by atoms with Crippen LogP contribution >= 0.6 is 22.6 Å². The Balaban J connectivity index is 1.94. The highest BCUT2D eigenvalue weighted by atomic mass is 127. The van der Waals surface area contributed by atoms with Gasteiger partial charge in [0.05, 0.1) is 6.54 Å². The summed E-state index contributed by atoms with van der Waals surface area (Å²) in [5, 5.41) is 0. The van der Waals surface area contributed by atoms with Crippen LogP contribution in [-0.2, 0) is 0 Å². The normalized spacial score (nSPS) is 17.3. The number of carbonyl (C=O) groups excluding carboxylic acids is 1. The van der Waals surface area contributed by atoms with Crippen LogP contribution in [0.4, 0.5) is 0 Å². The van der Waals surface area contributed by atoms with Crippen LogP contribution in [0.3, 0.4) is 0 Å². The molecule has 1 heterocycles. The van der Waals surface area contributed by atoms with Crippen LogP contribution in [0, 0.1) is 3.57 Å². The minimum atomic E-state index is 0.248. The summed E-state index contributed by atoms with van der Waals surface area (Å²) in [5.74, 6) is 0.248. The molecule has 86 valence electrons. The number of halogens is 1. The van der Waals surface area contributed by atoms with Crippen LogP contribution in [-0.4, -0.2) is 30.3 Å². The Bertz CT molecular complexity index is 355. The molecule has 0 atom stereocenters. The van der Waals surface area contributed by atoms with Crippen LogP contribution in [0.5, 0.6) is 0 Å². The molecule has 0 radical (unpaired) electrons. The van der Waals surface area contributed by atoms with Crippen molar-refractivity contribution >= 4 is 28.4 Å². The summed E-state index contributed by atoms with van der Waals surface area (Å²) in [6.45, 7) is 2.74. The van der Waals surface area contributed by atoms with Crippen molar-refractivity contribution in [2.24, 2.45) is 0 Å². The Hall–Kier alpha value is -0.420. The average Bonchev–Trinajstić information content (AvgIpc) is 2.31. The summed E-state index contributed by atoms with van der Waals surface area (Å²) in [7, 11) is 0. The van der Waals surface area contributed by atoms with Gasteiger partial charge < -0.3 is 0 Å². The first-order valence-corrected chi connectivity index (χ1v) is 6.85. The highest BCUT2D eigenvalue weighted by molar-refractivity contribution is 14.1. The van der Waals surface area contributed by atoms with E-state index in [1.54, 1.807) is 0 Å². The fraction of sp³-hybridized carbons (Fsp3) is 0.462. The van der Waals surface area contributed by atoms with Crippen molar-refractivity contribution in [2.75, 3.05) is 19.6 Å². The van der Waals surface area contributed by atoms with Gasteiger partial charge in [0, 0.05) is 9.13 Å². The lowest BCUT2D eigenvalue weighted by atomic mass is 10.1. The summed E-state index contributed by atoms with van der Waals surface area (Å²) >= 11 is 2.25. The van der Waals surface area contributed by atoms with Crippen molar-refractivity contribution < 1.29 is 4.79 Å². The number of Topliss-reactive ketones (excluding diaryl/α,β-unsaturated/α-hetero) is 1. The zero-order chi connectivity index (χ0) is 11.4. The van der Waals surface area contributed by atoms with Crippen LogP contribution in [0.2, 0.25) is 0 Å². The van der Waals surface area contributed by atoms with Gasteiger partial charge in [0.1, 0.15) is 0 Å². The molecular formula is C13H16INO. The van der Waals surface area contributed by atoms with Crippen molar-refractivity contribution in [1.82, 2.24) is 4.90 Å². The Morgan fingerprint density at radius 3 is 2.38 bits per heavy atom. The topological polar surface area (TPSA) is 20.3 Å². The second-order valence-corrected chi connectivity index (χ2v) is 5.51. The molecule has 0 N–H and O–H groups in total. The standard InChI is InChI=1S/C13H16INO/c14-12-6-4-11(5-7-12)13(16)10-15-8-2-1-3-9-15/h4-7H,1-3,8-10H2. The minimum Gasteiger partial charge on any atom is -0.296 e. The van der Waals surface area contributed by atoms with Gasteiger partial charge in [-0.2, -0.15) is 0 Å². The molecule has 0 bridgehead atoms. The average molecular weight is 329 g/mol. The van der Waals surface area contributed by atoms with Crippen LogP contribution in [0.15, 0.2) is 24.3 Å². The molecule has 3 heteroatoms. The predicted octanol–water partition coefficient (Wildman–Crippen LogP) is 2.96. The highest BCUT2D eigenvalue weighted by Crippen LogP contribution is 2.11. The van der Waals surface area contributed by atoms with Crippen molar-refractivity contribution in [3.8, 4) is 0 Å². The number of rotatable bonds is 3. The maximum atomic E-state index is 12.0.